The summed E-state index contributed by atoms with van der Waals surface area (Å²) in [7, 11) is 0. The molecule has 1 aromatic rings. The number of anilines is 1. The molecule has 0 amide bonds. The number of nitrogens with zero attached hydrogens (tertiary/aromatic N) is 1. The Bertz CT molecular complexity index is 381. The molecule has 0 aliphatic carbocycles. The highest BCUT2D eigenvalue weighted by atomic mass is 19.1. The first-order valence-electron chi connectivity index (χ1n) is 6.25. The summed E-state index contributed by atoms with van der Waals surface area (Å²) in [6.07, 6.45) is 0.334. The molecule has 1 fully saturated rings. The molecule has 18 heavy (non-hydrogen) atoms. The maximum atomic E-state index is 13.9. The zero-order valence-corrected chi connectivity index (χ0v) is 10.3. The largest absolute Gasteiger partial charge is 0.493 e. The van der Waals surface area contributed by atoms with Gasteiger partial charge in [0.05, 0.1) is 19.0 Å². The molecular formula is C13H18F2N2O. The molecular weight excluding hydrogens is 238 g/mol. The van der Waals surface area contributed by atoms with Gasteiger partial charge >= 0.3 is 0 Å². The van der Waals surface area contributed by atoms with Crippen LogP contribution in [0.5, 0.6) is 5.75 Å². The van der Waals surface area contributed by atoms with Crippen LogP contribution in [-0.2, 0) is 0 Å². The maximum absolute atomic E-state index is 13.9. The third kappa shape index (κ3) is 3.32. The fourth-order valence-corrected chi connectivity index (χ4v) is 1.98. The van der Waals surface area contributed by atoms with Gasteiger partial charge in [-0.3, -0.25) is 4.39 Å². The van der Waals surface area contributed by atoms with Crippen LogP contribution in [0.3, 0.4) is 0 Å². The van der Waals surface area contributed by atoms with Crippen LogP contribution >= 0.6 is 0 Å². The van der Waals surface area contributed by atoms with Crippen LogP contribution in [-0.4, -0.2) is 39.5 Å². The van der Waals surface area contributed by atoms with Crippen LogP contribution in [0.2, 0.25) is 0 Å². The minimum absolute atomic E-state index is 0.281. The second-order valence-electron chi connectivity index (χ2n) is 4.24. The minimum atomic E-state index is -0.415. The molecule has 1 saturated heterocycles. The van der Waals surface area contributed by atoms with Crippen molar-refractivity contribution in [2.45, 2.75) is 6.42 Å². The molecule has 3 nitrogen and oxygen atoms in total. The first-order chi connectivity index (χ1) is 8.81. The van der Waals surface area contributed by atoms with Crippen LogP contribution in [0.1, 0.15) is 6.42 Å². The third-order valence-corrected chi connectivity index (χ3v) is 2.92. The first-order valence-corrected chi connectivity index (χ1v) is 6.25. The highest BCUT2D eigenvalue weighted by Gasteiger charge is 2.14. The van der Waals surface area contributed by atoms with Crippen molar-refractivity contribution in [1.82, 2.24) is 5.32 Å². The second kappa shape index (κ2) is 6.54. The molecule has 1 aliphatic heterocycles. The Morgan fingerprint density at radius 2 is 2.06 bits per heavy atom. The molecule has 1 aliphatic rings. The predicted molar refractivity (Wildman–Crippen MR) is 67.6 cm³/mol. The maximum Gasteiger partial charge on any atom is 0.150 e. The zero-order chi connectivity index (χ0) is 12.8. The highest BCUT2D eigenvalue weighted by molar-refractivity contribution is 5.51. The van der Waals surface area contributed by atoms with E-state index in [1.54, 1.807) is 12.1 Å². The first kappa shape index (κ1) is 13.1. The number of hydrogen-bond donors (Lipinski definition) is 1. The smallest absolute Gasteiger partial charge is 0.150 e. The Morgan fingerprint density at radius 3 is 2.72 bits per heavy atom. The molecule has 0 unspecified atom stereocenters. The van der Waals surface area contributed by atoms with Gasteiger partial charge in [0.15, 0.2) is 0 Å². The number of ether oxygens (including phenoxy) is 1. The lowest BCUT2D eigenvalue weighted by atomic mass is 10.2. The normalized spacial score (nSPS) is 15.8. The molecule has 0 aromatic heterocycles. The molecule has 100 valence electrons. The van der Waals surface area contributed by atoms with Gasteiger partial charge in [0.25, 0.3) is 0 Å². The van der Waals surface area contributed by atoms with Crippen molar-refractivity contribution in [3.63, 3.8) is 0 Å². The van der Waals surface area contributed by atoms with E-state index in [0.717, 1.165) is 26.2 Å². The Morgan fingerprint density at radius 1 is 1.28 bits per heavy atom. The van der Waals surface area contributed by atoms with E-state index in [9.17, 15) is 8.78 Å². The van der Waals surface area contributed by atoms with Crippen LogP contribution in [0.25, 0.3) is 0 Å². The average Bonchev–Trinajstić information content (AvgIpc) is 2.40. The summed E-state index contributed by atoms with van der Waals surface area (Å²) in [4.78, 5) is 2.01. The minimum Gasteiger partial charge on any atom is -0.493 e. The molecule has 0 atom stereocenters. The summed E-state index contributed by atoms with van der Waals surface area (Å²) in [5.74, 6) is 0.175. The third-order valence-electron chi connectivity index (χ3n) is 2.92. The Kier molecular flexibility index (Phi) is 4.75. The second-order valence-corrected chi connectivity index (χ2v) is 4.24. The van der Waals surface area contributed by atoms with Gasteiger partial charge in [0, 0.05) is 38.7 Å². The molecule has 0 spiro atoms. The van der Waals surface area contributed by atoms with Crippen molar-refractivity contribution in [2.75, 3.05) is 44.4 Å². The number of halogens is 2. The monoisotopic (exact) mass is 256 g/mol. The summed E-state index contributed by atoms with van der Waals surface area (Å²) in [6.45, 7) is 3.21. The van der Waals surface area contributed by atoms with E-state index in [4.69, 9.17) is 4.74 Å². The van der Waals surface area contributed by atoms with E-state index < -0.39 is 6.67 Å². The van der Waals surface area contributed by atoms with Crippen molar-refractivity contribution < 1.29 is 13.5 Å². The number of nitrogens with one attached hydrogen (secondary N) is 1. The van der Waals surface area contributed by atoms with Crippen molar-refractivity contribution in [1.29, 1.82) is 0 Å². The lowest BCUT2D eigenvalue weighted by Gasteiger charge is -2.29. The van der Waals surface area contributed by atoms with Crippen molar-refractivity contribution in [3.05, 3.63) is 24.0 Å². The molecule has 1 N–H and O–H groups in total. The van der Waals surface area contributed by atoms with E-state index in [1.165, 1.54) is 6.07 Å². The fraction of sp³-hybridized carbons (Fsp3) is 0.538. The SMILES string of the molecule is FCCCOc1ccc(N2CCNCC2)c(F)c1. The quantitative estimate of drug-likeness (QED) is 0.815. The van der Waals surface area contributed by atoms with E-state index >= 15 is 0 Å². The number of benzene rings is 1. The number of rotatable bonds is 5. The summed E-state index contributed by atoms with van der Waals surface area (Å²) in [5.41, 5.74) is 0.606. The summed E-state index contributed by atoms with van der Waals surface area (Å²) in [6, 6.07) is 4.83. The Hall–Kier alpha value is -1.36. The lowest BCUT2D eigenvalue weighted by molar-refractivity contribution is 0.288. The number of piperazine rings is 1. The predicted octanol–water partition coefficient (Wildman–Crippen LogP) is 1.97. The number of alkyl halides is 1. The van der Waals surface area contributed by atoms with Gasteiger partial charge in [-0.25, -0.2) is 4.39 Å². The van der Waals surface area contributed by atoms with Crippen molar-refractivity contribution >= 4 is 5.69 Å². The van der Waals surface area contributed by atoms with Gasteiger partial charge in [-0.05, 0) is 12.1 Å². The van der Waals surface area contributed by atoms with E-state index in [1.807, 2.05) is 4.90 Å². The van der Waals surface area contributed by atoms with E-state index in [-0.39, 0.29) is 12.4 Å². The van der Waals surface area contributed by atoms with Gasteiger partial charge < -0.3 is 15.0 Å². The van der Waals surface area contributed by atoms with E-state index in [0.29, 0.717) is 17.9 Å². The summed E-state index contributed by atoms with van der Waals surface area (Å²) >= 11 is 0. The summed E-state index contributed by atoms with van der Waals surface area (Å²) < 4.78 is 31.1. The molecule has 2 rings (SSSR count). The Labute approximate surface area is 106 Å². The topological polar surface area (TPSA) is 24.5 Å². The standard InChI is InChI=1S/C13H18F2N2O/c14-4-1-9-18-11-2-3-13(12(15)10-11)17-7-5-16-6-8-17/h2-3,10,16H,1,4-9H2. The van der Waals surface area contributed by atoms with Crippen LogP contribution in [0, 0.1) is 5.82 Å². The zero-order valence-electron chi connectivity index (χ0n) is 10.3. The van der Waals surface area contributed by atoms with E-state index in [2.05, 4.69) is 5.32 Å². The molecule has 0 saturated carbocycles. The van der Waals surface area contributed by atoms with Gasteiger partial charge in [-0.2, -0.15) is 0 Å². The van der Waals surface area contributed by atoms with Crippen molar-refractivity contribution in [2.24, 2.45) is 0 Å². The molecule has 0 radical (unpaired) electrons. The van der Waals surface area contributed by atoms with Gasteiger partial charge in [-0.1, -0.05) is 0 Å². The molecule has 1 aromatic carbocycles. The van der Waals surface area contributed by atoms with Crippen molar-refractivity contribution in [3.8, 4) is 5.75 Å². The highest BCUT2D eigenvalue weighted by Crippen LogP contribution is 2.24. The van der Waals surface area contributed by atoms with Gasteiger partial charge in [0.2, 0.25) is 0 Å². The molecule has 1 heterocycles. The van der Waals surface area contributed by atoms with Crippen LogP contribution in [0.15, 0.2) is 18.2 Å². The van der Waals surface area contributed by atoms with Gasteiger partial charge in [-0.15, -0.1) is 0 Å². The van der Waals surface area contributed by atoms with Crippen LogP contribution < -0.4 is 15.0 Å². The Balaban J connectivity index is 2.00. The van der Waals surface area contributed by atoms with Gasteiger partial charge in [0.1, 0.15) is 11.6 Å². The molecule has 0 bridgehead atoms. The lowest BCUT2D eigenvalue weighted by Crippen LogP contribution is -2.43. The van der Waals surface area contributed by atoms with Crippen LogP contribution in [0.4, 0.5) is 14.5 Å². The number of hydrogen-bond acceptors (Lipinski definition) is 3. The average molecular weight is 256 g/mol. The fourth-order valence-electron chi connectivity index (χ4n) is 1.98. The summed E-state index contributed by atoms with van der Waals surface area (Å²) in [5, 5.41) is 3.23. The molecule has 5 heteroatoms.